The normalized spacial score (nSPS) is 10.4. The fourth-order valence-electron chi connectivity index (χ4n) is 1.99. The molecule has 0 amide bonds. The number of aromatic nitrogens is 2. The summed E-state index contributed by atoms with van der Waals surface area (Å²) in [6.45, 7) is 0.421. The highest BCUT2D eigenvalue weighted by Gasteiger charge is 2.05. The smallest absolute Gasteiger partial charge is 0.147 e. The molecule has 0 spiro atoms. The van der Waals surface area contributed by atoms with Crippen molar-refractivity contribution in [2.24, 2.45) is 0 Å². The lowest BCUT2D eigenvalue weighted by Gasteiger charge is -2.05. The maximum atomic E-state index is 13.7. The van der Waals surface area contributed by atoms with Gasteiger partial charge in [0.2, 0.25) is 0 Å². The molecule has 1 N–H and O–H groups in total. The van der Waals surface area contributed by atoms with Crippen molar-refractivity contribution in [1.29, 1.82) is 5.26 Å². The van der Waals surface area contributed by atoms with E-state index in [1.165, 1.54) is 6.07 Å². The van der Waals surface area contributed by atoms with E-state index in [0.29, 0.717) is 17.8 Å². The van der Waals surface area contributed by atoms with Gasteiger partial charge in [0.15, 0.2) is 0 Å². The molecule has 0 radical (unpaired) electrons. The lowest BCUT2D eigenvalue weighted by Crippen LogP contribution is -2.01. The molecule has 98 valence electrons. The van der Waals surface area contributed by atoms with Crippen molar-refractivity contribution in [3.8, 4) is 6.07 Å². The molecule has 0 saturated carbocycles. The molecule has 0 aliphatic rings. The van der Waals surface area contributed by atoms with Crippen molar-refractivity contribution in [1.82, 2.24) is 9.38 Å². The third-order valence-corrected chi connectivity index (χ3v) is 2.97. The summed E-state index contributed by atoms with van der Waals surface area (Å²) < 4.78 is 15.6. The summed E-state index contributed by atoms with van der Waals surface area (Å²) in [5.74, 6) is -0.437. The maximum Gasteiger partial charge on any atom is 0.147 e. The van der Waals surface area contributed by atoms with E-state index in [4.69, 9.17) is 5.26 Å². The first-order valence-corrected chi connectivity index (χ1v) is 6.12. The highest BCUT2D eigenvalue weighted by atomic mass is 19.1. The molecule has 5 heteroatoms. The molecule has 0 aliphatic carbocycles. The van der Waals surface area contributed by atoms with Crippen molar-refractivity contribution < 1.29 is 4.39 Å². The third kappa shape index (κ3) is 2.31. The molecule has 0 aliphatic heterocycles. The highest BCUT2D eigenvalue weighted by Crippen LogP contribution is 2.16. The van der Waals surface area contributed by atoms with E-state index in [-0.39, 0.29) is 0 Å². The summed E-state index contributed by atoms with van der Waals surface area (Å²) in [4.78, 5) is 4.42. The van der Waals surface area contributed by atoms with E-state index in [1.54, 1.807) is 12.1 Å². The lowest BCUT2D eigenvalue weighted by molar-refractivity contribution is 0.629. The number of nitriles is 1. The number of anilines is 1. The monoisotopic (exact) mass is 266 g/mol. The van der Waals surface area contributed by atoms with Crippen LogP contribution < -0.4 is 5.32 Å². The summed E-state index contributed by atoms with van der Waals surface area (Å²) in [6.07, 6.45) is 3.80. The summed E-state index contributed by atoms with van der Waals surface area (Å²) in [6, 6.07) is 12.0. The Morgan fingerprint density at radius 3 is 2.95 bits per heavy atom. The van der Waals surface area contributed by atoms with Gasteiger partial charge < -0.3 is 9.72 Å². The molecule has 2 aromatic heterocycles. The molecular weight excluding hydrogens is 255 g/mol. The van der Waals surface area contributed by atoms with Crippen molar-refractivity contribution in [3.05, 3.63) is 65.9 Å². The number of benzene rings is 1. The third-order valence-electron chi connectivity index (χ3n) is 2.97. The number of halogens is 1. The minimum atomic E-state index is -0.437. The molecule has 0 atom stereocenters. The van der Waals surface area contributed by atoms with Crippen LogP contribution in [0.3, 0.4) is 0 Å². The molecule has 0 saturated heterocycles. The van der Waals surface area contributed by atoms with E-state index in [1.807, 2.05) is 41.1 Å². The average molecular weight is 266 g/mol. The van der Waals surface area contributed by atoms with Gasteiger partial charge in [0, 0.05) is 12.4 Å². The van der Waals surface area contributed by atoms with Crippen LogP contribution in [0, 0.1) is 17.1 Å². The Balaban J connectivity index is 1.77. The molecule has 4 nitrogen and oxygen atoms in total. The first-order chi connectivity index (χ1) is 9.76. The average Bonchev–Trinajstić information content (AvgIpc) is 2.88. The molecule has 3 rings (SSSR count). The fraction of sp³-hybridized carbons (Fsp3) is 0.0667. The zero-order valence-corrected chi connectivity index (χ0v) is 10.5. The van der Waals surface area contributed by atoms with Gasteiger partial charge in [0.1, 0.15) is 11.5 Å². The molecule has 0 fully saturated rings. The number of fused-ring (bicyclic) bond motifs is 1. The first-order valence-electron chi connectivity index (χ1n) is 6.12. The Hall–Kier alpha value is -2.87. The summed E-state index contributed by atoms with van der Waals surface area (Å²) in [5, 5.41) is 11.7. The fourth-order valence-corrected chi connectivity index (χ4v) is 1.99. The molecule has 2 heterocycles. The number of hydrogen-bond donors (Lipinski definition) is 1. The number of nitrogens with zero attached hydrogens (tertiary/aromatic N) is 3. The van der Waals surface area contributed by atoms with E-state index >= 15 is 0 Å². The minimum absolute atomic E-state index is 0.306. The number of hydrogen-bond acceptors (Lipinski definition) is 3. The topological polar surface area (TPSA) is 53.1 Å². The number of nitrogens with one attached hydrogen (secondary N) is 1. The van der Waals surface area contributed by atoms with Gasteiger partial charge in [0.05, 0.1) is 29.6 Å². The molecule has 20 heavy (non-hydrogen) atoms. The van der Waals surface area contributed by atoms with Crippen molar-refractivity contribution in [3.63, 3.8) is 0 Å². The Bertz CT molecular complexity index is 768. The zero-order chi connectivity index (χ0) is 13.9. The van der Waals surface area contributed by atoms with Gasteiger partial charge in [-0.15, -0.1) is 0 Å². The number of imidazole rings is 1. The standard InChI is InChI=1S/C15H11FN4/c16-13-7-11(8-17)4-5-14(13)18-9-12-10-20-6-2-1-3-15(20)19-12/h1-7,10,18H,9H2. The molecule has 0 unspecified atom stereocenters. The van der Waals surface area contributed by atoms with Crippen molar-refractivity contribution in [2.45, 2.75) is 6.54 Å². The second-order valence-corrected chi connectivity index (χ2v) is 4.36. The zero-order valence-electron chi connectivity index (χ0n) is 10.5. The van der Waals surface area contributed by atoms with Crippen LogP contribution in [0.2, 0.25) is 0 Å². The summed E-state index contributed by atoms with van der Waals surface area (Å²) in [5.41, 5.74) is 2.34. The second kappa shape index (κ2) is 5.02. The van der Waals surface area contributed by atoms with Crippen LogP contribution in [0.15, 0.2) is 48.8 Å². The Morgan fingerprint density at radius 1 is 1.30 bits per heavy atom. The van der Waals surface area contributed by atoms with E-state index < -0.39 is 5.82 Å². The number of pyridine rings is 1. The number of rotatable bonds is 3. The van der Waals surface area contributed by atoms with E-state index in [0.717, 1.165) is 11.3 Å². The lowest BCUT2D eigenvalue weighted by atomic mass is 10.2. The summed E-state index contributed by atoms with van der Waals surface area (Å²) >= 11 is 0. The Labute approximate surface area is 115 Å². The largest absolute Gasteiger partial charge is 0.377 e. The van der Waals surface area contributed by atoms with Crippen LogP contribution in [-0.4, -0.2) is 9.38 Å². The van der Waals surface area contributed by atoms with Crippen LogP contribution in [0.25, 0.3) is 5.65 Å². The van der Waals surface area contributed by atoms with Crippen LogP contribution in [0.1, 0.15) is 11.3 Å². The van der Waals surface area contributed by atoms with Gasteiger partial charge in [-0.1, -0.05) is 6.07 Å². The van der Waals surface area contributed by atoms with Crippen LogP contribution in [0.5, 0.6) is 0 Å². The van der Waals surface area contributed by atoms with Crippen LogP contribution in [0.4, 0.5) is 10.1 Å². The highest BCUT2D eigenvalue weighted by molar-refractivity contribution is 5.49. The maximum absolute atomic E-state index is 13.7. The summed E-state index contributed by atoms with van der Waals surface area (Å²) in [7, 11) is 0. The first kappa shape index (κ1) is 12.2. The van der Waals surface area contributed by atoms with Gasteiger partial charge in [-0.3, -0.25) is 0 Å². The van der Waals surface area contributed by atoms with Gasteiger partial charge in [-0.2, -0.15) is 5.26 Å². The van der Waals surface area contributed by atoms with Crippen molar-refractivity contribution in [2.75, 3.05) is 5.32 Å². The van der Waals surface area contributed by atoms with Gasteiger partial charge in [0.25, 0.3) is 0 Å². The van der Waals surface area contributed by atoms with Crippen LogP contribution >= 0.6 is 0 Å². The predicted octanol–water partition coefficient (Wildman–Crippen LogP) is 2.96. The molecular formula is C15H11FN4. The van der Waals surface area contributed by atoms with Crippen LogP contribution in [-0.2, 0) is 6.54 Å². The van der Waals surface area contributed by atoms with Gasteiger partial charge >= 0.3 is 0 Å². The van der Waals surface area contributed by atoms with E-state index in [9.17, 15) is 4.39 Å². The van der Waals surface area contributed by atoms with Gasteiger partial charge in [-0.05, 0) is 30.3 Å². The quantitative estimate of drug-likeness (QED) is 0.793. The predicted molar refractivity (Wildman–Crippen MR) is 73.6 cm³/mol. The molecule has 1 aromatic carbocycles. The van der Waals surface area contributed by atoms with Crippen molar-refractivity contribution >= 4 is 11.3 Å². The SMILES string of the molecule is N#Cc1ccc(NCc2cn3ccccc3n2)c(F)c1. The second-order valence-electron chi connectivity index (χ2n) is 4.36. The molecule has 3 aromatic rings. The van der Waals surface area contributed by atoms with Gasteiger partial charge in [-0.25, -0.2) is 9.37 Å². The molecule has 0 bridgehead atoms. The minimum Gasteiger partial charge on any atom is -0.377 e. The van der Waals surface area contributed by atoms with E-state index in [2.05, 4.69) is 10.3 Å². The Morgan fingerprint density at radius 2 is 2.20 bits per heavy atom. The Kier molecular flexibility index (Phi) is 3.05.